The zero-order valence-corrected chi connectivity index (χ0v) is 18.4. The van der Waals surface area contributed by atoms with Gasteiger partial charge in [-0.3, -0.25) is 4.79 Å². The van der Waals surface area contributed by atoms with Gasteiger partial charge in [0.25, 0.3) is 5.91 Å². The molecule has 3 aromatic carbocycles. The van der Waals surface area contributed by atoms with Crippen LogP contribution in [0.2, 0.25) is 0 Å². The van der Waals surface area contributed by atoms with E-state index in [1.54, 1.807) is 0 Å². The second-order valence-electron chi connectivity index (χ2n) is 8.44. The molecule has 1 amide bonds. The number of fused-ring (bicyclic) bond motifs is 1. The highest BCUT2D eigenvalue weighted by Gasteiger charge is 2.29. The number of benzene rings is 3. The van der Waals surface area contributed by atoms with Crippen LogP contribution < -0.4 is 4.90 Å². The summed E-state index contributed by atoms with van der Waals surface area (Å²) in [5.41, 5.74) is 3.92. The Bertz CT molecular complexity index is 1250. The van der Waals surface area contributed by atoms with E-state index in [4.69, 9.17) is 0 Å². The lowest BCUT2D eigenvalue weighted by molar-refractivity contribution is 0.0674. The monoisotopic (exact) mass is 422 g/mol. The minimum absolute atomic E-state index is 0.0776. The Morgan fingerprint density at radius 1 is 0.844 bits per heavy atom. The Balaban J connectivity index is 1.44. The van der Waals surface area contributed by atoms with Gasteiger partial charge < -0.3 is 9.80 Å². The number of rotatable bonds is 3. The van der Waals surface area contributed by atoms with Crippen molar-refractivity contribution in [2.75, 3.05) is 24.5 Å². The number of aromatic nitrogens is 2. The molecule has 5 nitrogen and oxygen atoms in total. The number of piperazine rings is 1. The summed E-state index contributed by atoms with van der Waals surface area (Å²) >= 11 is 0. The summed E-state index contributed by atoms with van der Waals surface area (Å²) in [6, 6.07) is 26.3. The first-order chi connectivity index (χ1) is 15.6. The van der Waals surface area contributed by atoms with Crippen molar-refractivity contribution in [3.05, 3.63) is 90.0 Å². The van der Waals surface area contributed by atoms with E-state index in [1.165, 1.54) is 5.56 Å². The molecule has 1 aliphatic rings. The van der Waals surface area contributed by atoms with Gasteiger partial charge in [0.05, 0.1) is 0 Å². The van der Waals surface area contributed by atoms with Gasteiger partial charge in [-0.1, -0.05) is 72.3 Å². The van der Waals surface area contributed by atoms with Crippen molar-refractivity contribution in [2.45, 2.75) is 19.9 Å². The number of aryl methyl sites for hydroxylation is 1. The van der Waals surface area contributed by atoms with Gasteiger partial charge in [-0.05, 0) is 26.0 Å². The minimum atomic E-state index is 0.0776. The van der Waals surface area contributed by atoms with Crippen LogP contribution in [0.4, 0.5) is 5.82 Å². The molecular formula is C27H26N4O. The van der Waals surface area contributed by atoms with Crippen LogP contribution in [-0.2, 0) is 0 Å². The van der Waals surface area contributed by atoms with Crippen LogP contribution in [0.25, 0.3) is 22.0 Å². The minimum Gasteiger partial charge on any atom is -0.351 e. The summed E-state index contributed by atoms with van der Waals surface area (Å²) in [5.74, 6) is 0.971. The van der Waals surface area contributed by atoms with Gasteiger partial charge in [-0.25, -0.2) is 0 Å². The standard InChI is InChI=1S/C27H26N4O/c1-19-12-14-21(15-13-19)25-23-10-6-7-11-24(23)26(29-28-25)30-16-17-31(20(2)18-30)27(32)22-8-4-3-5-9-22/h3-15,20H,16-18H2,1-2H3/t20-/m0/s1. The van der Waals surface area contributed by atoms with E-state index >= 15 is 0 Å². The highest BCUT2D eigenvalue weighted by Crippen LogP contribution is 2.32. The molecule has 0 aliphatic carbocycles. The summed E-state index contributed by atoms with van der Waals surface area (Å²) in [6.07, 6.45) is 0. The lowest BCUT2D eigenvalue weighted by Gasteiger charge is -2.40. The fourth-order valence-electron chi connectivity index (χ4n) is 4.45. The number of hydrogen-bond donors (Lipinski definition) is 0. The predicted molar refractivity (Wildman–Crippen MR) is 129 cm³/mol. The van der Waals surface area contributed by atoms with E-state index in [9.17, 15) is 4.79 Å². The number of amides is 1. The van der Waals surface area contributed by atoms with Gasteiger partial charge in [0.15, 0.2) is 5.82 Å². The topological polar surface area (TPSA) is 49.3 Å². The number of carbonyl (C=O) groups excluding carboxylic acids is 1. The molecule has 0 saturated carbocycles. The van der Waals surface area contributed by atoms with Crippen LogP contribution in [-0.4, -0.2) is 46.7 Å². The van der Waals surface area contributed by atoms with Gasteiger partial charge in [0.2, 0.25) is 0 Å². The molecule has 0 bridgehead atoms. The third kappa shape index (κ3) is 3.71. The van der Waals surface area contributed by atoms with Gasteiger partial charge in [-0.2, -0.15) is 0 Å². The van der Waals surface area contributed by atoms with Crippen molar-refractivity contribution in [3.8, 4) is 11.3 Å². The zero-order chi connectivity index (χ0) is 22.1. The Kier molecular flexibility index (Phi) is 5.31. The largest absolute Gasteiger partial charge is 0.351 e. The lowest BCUT2D eigenvalue weighted by atomic mass is 10.0. The molecule has 1 aliphatic heterocycles. The van der Waals surface area contributed by atoms with Gasteiger partial charge >= 0.3 is 0 Å². The van der Waals surface area contributed by atoms with Crippen LogP contribution in [0.1, 0.15) is 22.8 Å². The smallest absolute Gasteiger partial charge is 0.254 e. The maximum Gasteiger partial charge on any atom is 0.254 e. The normalized spacial score (nSPS) is 16.4. The van der Waals surface area contributed by atoms with Crippen LogP contribution in [0.3, 0.4) is 0 Å². The molecule has 2 heterocycles. The highest BCUT2D eigenvalue weighted by molar-refractivity contribution is 6.00. The second kappa shape index (κ2) is 8.42. The van der Waals surface area contributed by atoms with E-state index in [0.29, 0.717) is 6.54 Å². The van der Waals surface area contributed by atoms with Crippen LogP contribution in [0.15, 0.2) is 78.9 Å². The number of nitrogens with zero attached hydrogens (tertiary/aromatic N) is 4. The Hall–Kier alpha value is -3.73. The summed E-state index contributed by atoms with van der Waals surface area (Å²) in [5, 5.41) is 11.5. The fourth-order valence-corrected chi connectivity index (χ4v) is 4.45. The molecule has 0 radical (unpaired) electrons. The van der Waals surface area contributed by atoms with Crippen molar-refractivity contribution in [3.63, 3.8) is 0 Å². The van der Waals surface area contributed by atoms with Crippen LogP contribution in [0.5, 0.6) is 0 Å². The van der Waals surface area contributed by atoms with E-state index < -0.39 is 0 Å². The Morgan fingerprint density at radius 3 is 2.25 bits per heavy atom. The van der Waals surface area contributed by atoms with Crippen molar-refractivity contribution >= 4 is 22.5 Å². The molecule has 4 aromatic rings. The average molecular weight is 423 g/mol. The molecule has 0 unspecified atom stereocenters. The number of hydrogen-bond acceptors (Lipinski definition) is 4. The molecule has 5 heteroatoms. The quantitative estimate of drug-likeness (QED) is 0.468. The molecule has 5 rings (SSSR count). The summed E-state index contributed by atoms with van der Waals surface area (Å²) < 4.78 is 0. The SMILES string of the molecule is Cc1ccc(-c2nnc(N3CCN(C(=O)c4ccccc4)[C@@H](C)C3)c3ccccc23)cc1. The van der Waals surface area contributed by atoms with Crippen molar-refractivity contribution in [1.82, 2.24) is 15.1 Å². The second-order valence-corrected chi connectivity index (χ2v) is 8.44. The fraction of sp³-hybridized carbons (Fsp3) is 0.222. The number of anilines is 1. The van der Waals surface area contributed by atoms with Crippen molar-refractivity contribution in [2.24, 2.45) is 0 Å². The maximum atomic E-state index is 13.0. The summed E-state index contributed by atoms with van der Waals surface area (Å²) in [6.45, 7) is 6.29. The van der Waals surface area contributed by atoms with Gasteiger partial charge in [0, 0.05) is 47.6 Å². The molecule has 0 N–H and O–H groups in total. The third-order valence-electron chi connectivity index (χ3n) is 6.20. The average Bonchev–Trinajstić information content (AvgIpc) is 2.84. The molecule has 1 atom stereocenters. The maximum absolute atomic E-state index is 13.0. The van der Waals surface area contributed by atoms with Crippen LogP contribution in [0, 0.1) is 6.92 Å². The molecular weight excluding hydrogens is 396 g/mol. The number of carbonyl (C=O) groups is 1. The Morgan fingerprint density at radius 2 is 1.53 bits per heavy atom. The third-order valence-corrected chi connectivity index (χ3v) is 6.20. The lowest BCUT2D eigenvalue weighted by Crippen LogP contribution is -2.54. The first kappa shape index (κ1) is 20.2. The molecule has 160 valence electrons. The molecule has 1 saturated heterocycles. The van der Waals surface area contributed by atoms with E-state index in [2.05, 4.69) is 65.3 Å². The molecule has 1 aromatic heterocycles. The summed E-state index contributed by atoms with van der Waals surface area (Å²) in [4.78, 5) is 17.2. The van der Waals surface area contributed by atoms with Gasteiger partial charge in [0.1, 0.15) is 5.69 Å². The first-order valence-corrected chi connectivity index (χ1v) is 11.1. The molecule has 1 fully saturated rings. The van der Waals surface area contributed by atoms with Crippen molar-refractivity contribution < 1.29 is 4.79 Å². The van der Waals surface area contributed by atoms with Crippen molar-refractivity contribution in [1.29, 1.82) is 0 Å². The zero-order valence-electron chi connectivity index (χ0n) is 18.4. The van der Waals surface area contributed by atoms with E-state index in [1.807, 2.05) is 47.4 Å². The van der Waals surface area contributed by atoms with Gasteiger partial charge in [-0.15, -0.1) is 10.2 Å². The molecule has 32 heavy (non-hydrogen) atoms. The Labute approximate surface area is 188 Å². The summed E-state index contributed by atoms with van der Waals surface area (Å²) in [7, 11) is 0. The highest BCUT2D eigenvalue weighted by atomic mass is 16.2. The predicted octanol–water partition coefficient (Wildman–Crippen LogP) is 4.96. The molecule has 0 spiro atoms. The first-order valence-electron chi connectivity index (χ1n) is 11.1. The van der Waals surface area contributed by atoms with Crippen LogP contribution >= 0.6 is 0 Å². The van der Waals surface area contributed by atoms with E-state index in [0.717, 1.165) is 46.5 Å². The van der Waals surface area contributed by atoms with E-state index in [-0.39, 0.29) is 11.9 Å².